The molecule has 11 heteroatoms. The minimum absolute atomic E-state index is 0.00262. The lowest BCUT2D eigenvalue weighted by molar-refractivity contribution is -0.119. The number of para-hydroxylation sites is 1. The van der Waals surface area contributed by atoms with Crippen molar-refractivity contribution in [2.75, 3.05) is 26.1 Å². The highest BCUT2D eigenvalue weighted by molar-refractivity contribution is 7.89. The molecule has 1 aliphatic rings. The molecule has 2 aromatic carbocycles. The number of amides is 1. The van der Waals surface area contributed by atoms with Crippen LogP contribution < -0.4 is 20.3 Å². The van der Waals surface area contributed by atoms with Gasteiger partial charge in [-0.2, -0.15) is 4.31 Å². The van der Waals surface area contributed by atoms with Gasteiger partial charge in [0.2, 0.25) is 15.9 Å². The van der Waals surface area contributed by atoms with E-state index in [-0.39, 0.29) is 22.9 Å². The molecule has 1 amide bonds. The standard InChI is InChI=1S/C24H28N4O6S/c1-16-22(24(30)28(26(16)2)17-9-6-5-7-10-17)25-23(29)19-11-8-14-27(19)35(31,32)18-12-13-20(33-3)21(15-18)34-4/h5-7,9-10,12-13,15,19H,8,11,14H2,1-4H3,(H,25,29). The van der Waals surface area contributed by atoms with E-state index in [9.17, 15) is 18.0 Å². The number of benzene rings is 2. The lowest BCUT2D eigenvalue weighted by atomic mass is 10.2. The Morgan fingerprint density at radius 1 is 1.06 bits per heavy atom. The predicted molar refractivity (Wildman–Crippen MR) is 131 cm³/mol. The fourth-order valence-electron chi connectivity index (χ4n) is 4.32. The van der Waals surface area contributed by atoms with Gasteiger partial charge < -0.3 is 14.8 Å². The maximum Gasteiger partial charge on any atom is 0.295 e. The summed E-state index contributed by atoms with van der Waals surface area (Å²) in [5, 5.41) is 2.70. The van der Waals surface area contributed by atoms with Gasteiger partial charge in [-0.3, -0.25) is 14.3 Å². The van der Waals surface area contributed by atoms with Crippen molar-refractivity contribution >= 4 is 21.6 Å². The van der Waals surface area contributed by atoms with Gasteiger partial charge in [0.05, 0.1) is 30.5 Å². The van der Waals surface area contributed by atoms with Crippen LogP contribution in [0.15, 0.2) is 58.2 Å². The first-order chi connectivity index (χ1) is 16.7. The van der Waals surface area contributed by atoms with Crippen LogP contribution in [-0.4, -0.2) is 54.8 Å². The summed E-state index contributed by atoms with van der Waals surface area (Å²) in [7, 11) is 0.608. The molecule has 10 nitrogen and oxygen atoms in total. The van der Waals surface area contributed by atoms with E-state index in [0.29, 0.717) is 30.0 Å². The Balaban J connectivity index is 1.63. The Morgan fingerprint density at radius 3 is 2.40 bits per heavy atom. The van der Waals surface area contributed by atoms with Crippen LogP contribution in [0, 0.1) is 6.92 Å². The molecule has 0 radical (unpaired) electrons. The SMILES string of the molecule is COc1ccc(S(=O)(=O)N2CCCC2C(=O)Nc2c(C)n(C)n(-c3ccccc3)c2=O)cc1OC. The van der Waals surface area contributed by atoms with Gasteiger partial charge in [0.15, 0.2) is 11.5 Å². The smallest absolute Gasteiger partial charge is 0.295 e. The summed E-state index contributed by atoms with van der Waals surface area (Å²) < 4.78 is 41.6. The fourth-order valence-corrected chi connectivity index (χ4v) is 5.99. The Labute approximate surface area is 203 Å². The van der Waals surface area contributed by atoms with Gasteiger partial charge >= 0.3 is 0 Å². The predicted octanol–water partition coefficient (Wildman–Crippen LogP) is 2.29. The second-order valence-corrected chi connectivity index (χ2v) is 10.1. The molecule has 0 bridgehead atoms. The molecule has 0 saturated carbocycles. The number of carbonyl (C=O) groups is 1. The molecule has 1 atom stereocenters. The molecule has 1 saturated heterocycles. The van der Waals surface area contributed by atoms with Gasteiger partial charge in [0, 0.05) is 19.7 Å². The van der Waals surface area contributed by atoms with Crippen LogP contribution in [0.3, 0.4) is 0 Å². The van der Waals surface area contributed by atoms with E-state index in [1.165, 1.54) is 41.4 Å². The molecule has 1 aromatic heterocycles. The summed E-state index contributed by atoms with van der Waals surface area (Å²) >= 11 is 0. The highest BCUT2D eigenvalue weighted by Gasteiger charge is 2.40. The van der Waals surface area contributed by atoms with Crippen LogP contribution in [-0.2, 0) is 21.9 Å². The average molecular weight is 501 g/mol. The fraction of sp³-hybridized carbons (Fsp3) is 0.333. The molecular formula is C24H28N4O6S. The molecule has 1 aliphatic heterocycles. The minimum atomic E-state index is -4.00. The summed E-state index contributed by atoms with van der Waals surface area (Å²) in [6.07, 6.45) is 0.865. The highest BCUT2D eigenvalue weighted by Crippen LogP contribution is 2.33. The van der Waals surface area contributed by atoms with Crippen molar-refractivity contribution in [2.24, 2.45) is 7.05 Å². The van der Waals surface area contributed by atoms with Crippen LogP contribution in [0.25, 0.3) is 5.69 Å². The van der Waals surface area contributed by atoms with Crippen LogP contribution in [0.5, 0.6) is 11.5 Å². The van der Waals surface area contributed by atoms with Crippen molar-refractivity contribution in [3.8, 4) is 17.2 Å². The van der Waals surface area contributed by atoms with Gasteiger partial charge in [-0.15, -0.1) is 0 Å². The zero-order valence-corrected chi connectivity index (χ0v) is 20.8. The number of aromatic nitrogens is 2. The Hall–Kier alpha value is -3.57. The third kappa shape index (κ3) is 4.32. The van der Waals surface area contributed by atoms with E-state index >= 15 is 0 Å². The molecule has 1 fully saturated rings. The molecule has 0 aliphatic carbocycles. The van der Waals surface area contributed by atoms with Gasteiger partial charge in [-0.25, -0.2) is 13.1 Å². The van der Waals surface area contributed by atoms with E-state index in [1.54, 1.807) is 30.8 Å². The summed E-state index contributed by atoms with van der Waals surface area (Å²) in [6.45, 7) is 1.92. The molecule has 0 spiro atoms. The lowest BCUT2D eigenvalue weighted by Crippen LogP contribution is -2.43. The molecular weight excluding hydrogens is 472 g/mol. The van der Waals surface area contributed by atoms with E-state index in [2.05, 4.69) is 5.32 Å². The van der Waals surface area contributed by atoms with Crippen LogP contribution >= 0.6 is 0 Å². The minimum Gasteiger partial charge on any atom is -0.493 e. The van der Waals surface area contributed by atoms with Gasteiger partial charge in [-0.1, -0.05) is 18.2 Å². The normalized spacial score (nSPS) is 16.3. The van der Waals surface area contributed by atoms with Gasteiger partial charge in [0.25, 0.3) is 5.56 Å². The number of nitrogens with zero attached hydrogens (tertiary/aromatic N) is 3. The number of carbonyl (C=O) groups excluding carboxylic acids is 1. The number of hydrogen-bond donors (Lipinski definition) is 1. The number of anilines is 1. The van der Waals surface area contributed by atoms with E-state index in [0.717, 1.165) is 0 Å². The first-order valence-electron chi connectivity index (χ1n) is 11.1. The Morgan fingerprint density at radius 2 is 1.74 bits per heavy atom. The number of nitrogens with one attached hydrogen (secondary N) is 1. The van der Waals surface area contributed by atoms with Crippen LogP contribution in [0.4, 0.5) is 5.69 Å². The third-order valence-electron chi connectivity index (χ3n) is 6.27. The molecule has 35 heavy (non-hydrogen) atoms. The maximum atomic E-state index is 13.4. The molecule has 2 heterocycles. The zero-order chi connectivity index (χ0) is 25.3. The molecule has 1 N–H and O–H groups in total. The van der Waals surface area contributed by atoms with E-state index in [1.807, 2.05) is 18.2 Å². The topological polar surface area (TPSA) is 112 Å². The molecule has 1 unspecified atom stereocenters. The summed E-state index contributed by atoms with van der Waals surface area (Å²) in [5.74, 6) is 0.129. The van der Waals surface area contributed by atoms with Crippen molar-refractivity contribution in [2.45, 2.75) is 30.7 Å². The van der Waals surface area contributed by atoms with Crippen molar-refractivity contribution in [1.29, 1.82) is 0 Å². The molecule has 4 rings (SSSR count). The highest BCUT2D eigenvalue weighted by atomic mass is 32.2. The summed E-state index contributed by atoms with van der Waals surface area (Å²) in [4.78, 5) is 26.4. The van der Waals surface area contributed by atoms with Crippen LogP contribution in [0.2, 0.25) is 0 Å². The average Bonchev–Trinajstić information content (AvgIpc) is 3.44. The number of methoxy groups -OCH3 is 2. The Bertz CT molecular complexity index is 1410. The summed E-state index contributed by atoms with van der Waals surface area (Å²) in [6, 6.07) is 12.4. The van der Waals surface area contributed by atoms with Crippen molar-refractivity contribution < 1.29 is 22.7 Å². The largest absolute Gasteiger partial charge is 0.493 e. The molecule has 186 valence electrons. The number of sulfonamides is 1. The quantitative estimate of drug-likeness (QED) is 0.533. The zero-order valence-electron chi connectivity index (χ0n) is 20.0. The van der Waals surface area contributed by atoms with E-state index < -0.39 is 27.5 Å². The first kappa shape index (κ1) is 24.6. The third-order valence-corrected chi connectivity index (χ3v) is 8.17. The second-order valence-electron chi connectivity index (χ2n) is 8.22. The second kappa shape index (κ2) is 9.59. The Kier molecular flexibility index (Phi) is 6.73. The van der Waals surface area contributed by atoms with Gasteiger partial charge in [-0.05, 0) is 44.0 Å². The van der Waals surface area contributed by atoms with Crippen LogP contribution in [0.1, 0.15) is 18.5 Å². The monoisotopic (exact) mass is 500 g/mol. The van der Waals surface area contributed by atoms with Crippen molar-refractivity contribution in [3.05, 3.63) is 64.6 Å². The van der Waals surface area contributed by atoms with Crippen molar-refractivity contribution in [3.63, 3.8) is 0 Å². The molecule has 3 aromatic rings. The number of rotatable bonds is 7. The maximum absolute atomic E-state index is 13.4. The van der Waals surface area contributed by atoms with E-state index in [4.69, 9.17) is 9.47 Å². The first-order valence-corrected chi connectivity index (χ1v) is 12.5. The van der Waals surface area contributed by atoms with Crippen molar-refractivity contribution in [1.82, 2.24) is 13.7 Å². The number of ether oxygens (including phenoxy) is 2. The number of hydrogen-bond acceptors (Lipinski definition) is 6. The lowest BCUT2D eigenvalue weighted by Gasteiger charge is -2.23. The van der Waals surface area contributed by atoms with Gasteiger partial charge in [0.1, 0.15) is 11.7 Å². The summed E-state index contributed by atoms with van der Waals surface area (Å²) in [5.41, 5.74) is 0.940.